The minimum Gasteiger partial charge on any atom is -0.496 e. The van der Waals surface area contributed by atoms with Crippen LogP contribution < -0.4 is 4.74 Å². The van der Waals surface area contributed by atoms with Gasteiger partial charge in [-0.2, -0.15) is 0 Å². The largest absolute Gasteiger partial charge is 0.496 e. The number of rotatable bonds is 2. The number of carbonyl (C=O) groups excluding carboxylic acids is 2. The lowest BCUT2D eigenvalue weighted by molar-refractivity contribution is -0.163. The molecule has 17 heavy (non-hydrogen) atoms. The van der Waals surface area contributed by atoms with Crippen LogP contribution in [0.4, 0.5) is 0 Å². The molecular formula is C13H14O4. The Morgan fingerprint density at radius 2 is 1.88 bits per heavy atom. The van der Waals surface area contributed by atoms with Crippen molar-refractivity contribution in [2.75, 3.05) is 7.11 Å². The molecule has 1 heterocycles. The van der Waals surface area contributed by atoms with E-state index in [-0.39, 0.29) is 18.8 Å². The zero-order valence-corrected chi connectivity index (χ0v) is 9.86. The molecule has 4 nitrogen and oxygen atoms in total. The summed E-state index contributed by atoms with van der Waals surface area (Å²) >= 11 is 0. The Bertz CT molecular complexity index is 448. The van der Waals surface area contributed by atoms with Gasteiger partial charge in [0.05, 0.1) is 20.0 Å². The Morgan fingerprint density at radius 1 is 1.24 bits per heavy atom. The second-order valence-corrected chi connectivity index (χ2v) is 4.18. The van der Waals surface area contributed by atoms with Crippen molar-refractivity contribution in [1.82, 2.24) is 0 Å². The van der Waals surface area contributed by atoms with Crippen molar-refractivity contribution in [3.63, 3.8) is 0 Å². The first-order chi connectivity index (χ1) is 8.10. The van der Waals surface area contributed by atoms with Gasteiger partial charge < -0.3 is 9.47 Å². The summed E-state index contributed by atoms with van der Waals surface area (Å²) in [7, 11) is 1.61. The Labute approximate surface area is 99.5 Å². The van der Waals surface area contributed by atoms with Crippen LogP contribution in [0, 0.1) is 6.92 Å². The number of esters is 2. The average molecular weight is 234 g/mol. The van der Waals surface area contributed by atoms with Crippen LogP contribution in [0.1, 0.15) is 29.9 Å². The number of benzene rings is 1. The Kier molecular flexibility index (Phi) is 3.13. The zero-order valence-electron chi connectivity index (χ0n) is 9.86. The predicted molar refractivity (Wildman–Crippen MR) is 60.8 cm³/mol. The topological polar surface area (TPSA) is 52.6 Å². The fourth-order valence-electron chi connectivity index (χ4n) is 2.08. The van der Waals surface area contributed by atoms with E-state index in [2.05, 4.69) is 4.74 Å². The summed E-state index contributed by atoms with van der Waals surface area (Å²) in [5.41, 5.74) is 1.98. The van der Waals surface area contributed by atoms with Gasteiger partial charge in [0.15, 0.2) is 0 Å². The second-order valence-electron chi connectivity index (χ2n) is 4.18. The number of aryl methyl sites for hydroxylation is 1. The summed E-state index contributed by atoms with van der Waals surface area (Å²) in [6.45, 7) is 1.94. The molecule has 1 aliphatic heterocycles. The van der Waals surface area contributed by atoms with E-state index in [1.807, 2.05) is 25.1 Å². The van der Waals surface area contributed by atoms with Gasteiger partial charge in [0.1, 0.15) is 5.75 Å². The van der Waals surface area contributed by atoms with Gasteiger partial charge in [-0.1, -0.05) is 12.1 Å². The maximum absolute atomic E-state index is 11.2. The highest BCUT2D eigenvalue weighted by molar-refractivity contribution is 5.89. The van der Waals surface area contributed by atoms with Crippen LogP contribution in [-0.2, 0) is 14.3 Å². The molecule has 0 saturated carbocycles. The molecule has 0 unspecified atom stereocenters. The molecule has 0 atom stereocenters. The Morgan fingerprint density at radius 3 is 2.41 bits per heavy atom. The third kappa shape index (κ3) is 2.46. The summed E-state index contributed by atoms with van der Waals surface area (Å²) in [6, 6.07) is 5.70. The van der Waals surface area contributed by atoms with Crippen LogP contribution in [0.5, 0.6) is 5.75 Å². The maximum Gasteiger partial charge on any atom is 0.314 e. The van der Waals surface area contributed by atoms with Crippen LogP contribution in [0.25, 0.3) is 0 Å². The van der Waals surface area contributed by atoms with Crippen molar-refractivity contribution in [1.29, 1.82) is 0 Å². The average Bonchev–Trinajstić information content (AvgIpc) is 2.27. The highest BCUT2D eigenvalue weighted by Crippen LogP contribution is 2.31. The number of ether oxygens (including phenoxy) is 2. The van der Waals surface area contributed by atoms with Crippen molar-refractivity contribution >= 4 is 11.9 Å². The van der Waals surface area contributed by atoms with E-state index in [0.717, 1.165) is 16.9 Å². The molecule has 0 bridgehead atoms. The highest BCUT2D eigenvalue weighted by Gasteiger charge is 2.28. The van der Waals surface area contributed by atoms with E-state index < -0.39 is 11.9 Å². The summed E-state index contributed by atoms with van der Waals surface area (Å²) in [4.78, 5) is 22.4. The van der Waals surface area contributed by atoms with Crippen LogP contribution in [-0.4, -0.2) is 19.0 Å². The van der Waals surface area contributed by atoms with Crippen LogP contribution in [0.3, 0.4) is 0 Å². The number of methoxy groups -OCH3 is 1. The summed E-state index contributed by atoms with van der Waals surface area (Å²) < 4.78 is 9.68. The van der Waals surface area contributed by atoms with E-state index >= 15 is 0 Å². The van der Waals surface area contributed by atoms with Crippen molar-refractivity contribution in [3.05, 3.63) is 29.3 Å². The third-order valence-corrected chi connectivity index (χ3v) is 2.94. The second kappa shape index (κ2) is 4.57. The standard InChI is InChI=1S/C13H14O4/c1-8-5-9(3-4-11(8)16-2)10-6-12(14)17-13(15)7-10/h3-5,10H,6-7H2,1-2H3. The number of cyclic esters (lactones) is 2. The highest BCUT2D eigenvalue weighted by atomic mass is 16.6. The lowest BCUT2D eigenvalue weighted by Gasteiger charge is -2.20. The van der Waals surface area contributed by atoms with Crippen molar-refractivity contribution < 1.29 is 19.1 Å². The minimum absolute atomic E-state index is 0.0756. The van der Waals surface area contributed by atoms with E-state index in [1.54, 1.807) is 7.11 Å². The molecule has 1 aliphatic rings. The van der Waals surface area contributed by atoms with E-state index in [1.165, 1.54) is 0 Å². The molecule has 0 spiro atoms. The summed E-state index contributed by atoms with van der Waals surface area (Å²) in [6.07, 6.45) is 0.523. The van der Waals surface area contributed by atoms with E-state index in [9.17, 15) is 9.59 Å². The van der Waals surface area contributed by atoms with Gasteiger partial charge in [-0.3, -0.25) is 9.59 Å². The fraction of sp³-hybridized carbons (Fsp3) is 0.385. The Balaban J connectivity index is 2.25. The van der Waals surface area contributed by atoms with Crippen LogP contribution in [0.2, 0.25) is 0 Å². The van der Waals surface area contributed by atoms with Gasteiger partial charge >= 0.3 is 11.9 Å². The van der Waals surface area contributed by atoms with Crippen molar-refractivity contribution in [2.45, 2.75) is 25.7 Å². The molecule has 4 heteroatoms. The lowest BCUT2D eigenvalue weighted by Crippen LogP contribution is -2.24. The first-order valence-corrected chi connectivity index (χ1v) is 5.48. The molecule has 0 aliphatic carbocycles. The van der Waals surface area contributed by atoms with E-state index in [4.69, 9.17) is 4.74 Å². The quantitative estimate of drug-likeness (QED) is 0.579. The maximum atomic E-state index is 11.2. The molecule has 2 rings (SSSR count). The smallest absolute Gasteiger partial charge is 0.314 e. The van der Waals surface area contributed by atoms with Crippen molar-refractivity contribution in [2.24, 2.45) is 0 Å². The third-order valence-electron chi connectivity index (χ3n) is 2.94. The Hall–Kier alpha value is -1.84. The normalized spacial score (nSPS) is 16.8. The van der Waals surface area contributed by atoms with Gasteiger partial charge in [0.25, 0.3) is 0 Å². The molecule has 1 aromatic carbocycles. The summed E-state index contributed by atoms with van der Waals surface area (Å²) in [5, 5.41) is 0. The van der Waals surface area contributed by atoms with Crippen LogP contribution in [0.15, 0.2) is 18.2 Å². The number of carbonyl (C=O) groups is 2. The summed E-state index contributed by atoms with van der Waals surface area (Å²) in [5.74, 6) is -0.161. The van der Waals surface area contributed by atoms with Crippen LogP contribution >= 0.6 is 0 Å². The van der Waals surface area contributed by atoms with E-state index in [0.29, 0.717) is 0 Å². The molecule has 0 radical (unpaired) electrons. The molecule has 0 amide bonds. The lowest BCUT2D eigenvalue weighted by atomic mass is 9.90. The molecule has 1 fully saturated rings. The predicted octanol–water partition coefficient (Wildman–Crippen LogP) is 1.95. The molecule has 0 aromatic heterocycles. The minimum atomic E-state index is -0.445. The van der Waals surface area contributed by atoms with Crippen molar-refractivity contribution in [3.8, 4) is 5.75 Å². The number of hydrogen-bond acceptors (Lipinski definition) is 4. The molecule has 1 saturated heterocycles. The van der Waals surface area contributed by atoms with Gasteiger partial charge in [-0.25, -0.2) is 0 Å². The number of hydrogen-bond donors (Lipinski definition) is 0. The van der Waals surface area contributed by atoms with Gasteiger partial charge in [0.2, 0.25) is 0 Å². The molecule has 0 N–H and O–H groups in total. The molecule has 90 valence electrons. The molecular weight excluding hydrogens is 220 g/mol. The first kappa shape index (κ1) is 11.6. The fourth-order valence-corrected chi connectivity index (χ4v) is 2.08. The van der Waals surface area contributed by atoms with Gasteiger partial charge in [-0.05, 0) is 24.1 Å². The first-order valence-electron chi connectivity index (χ1n) is 5.48. The SMILES string of the molecule is COc1ccc(C2CC(=O)OC(=O)C2)cc1C. The zero-order chi connectivity index (χ0) is 12.4. The van der Waals surface area contributed by atoms with Gasteiger partial charge in [-0.15, -0.1) is 0 Å². The van der Waals surface area contributed by atoms with Gasteiger partial charge in [0, 0.05) is 5.92 Å². The molecule has 1 aromatic rings. The monoisotopic (exact) mass is 234 g/mol.